The average molecular weight is 585 g/mol. The number of hydrogen-bond donors (Lipinski definition) is 1. The molecule has 0 aliphatic heterocycles. The van der Waals surface area contributed by atoms with Gasteiger partial charge in [0, 0.05) is 5.25 Å². The molecule has 0 nitrogen and oxygen atoms in total. The minimum absolute atomic E-state index is 0.365. The van der Waals surface area contributed by atoms with E-state index in [1.807, 2.05) is 0 Å². The van der Waals surface area contributed by atoms with E-state index in [9.17, 15) is 0 Å². The monoisotopic (exact) mass is 584 g/mol. The molecule has 3 aromatic rings. The van der Waals surface area contributed by atoms with Gasteiger partial charge < -0.3 is 0 Å². The fourth-order valence-electron chi connectivity index (χ4n) is 6.92. The van der Waals surface area contributed by atoms with Crippen LogP contribution in [0.25, 0.3) is 34.7 Å². The lowest BCUT2D eigenvalue weighted by molar-refractivity contribution is 0.280. The summed E-state index contributed by atoms with van der Waals surface area (Å²) in [6, 6.07) is 13.1. The minimum atomic E-state index is 0.365. The fraction of sp³-hybridized carbons (Fsp3) is 0.512. The lowest BCUT2D eigenvalue weighted by atomic mass is 9.75. The maximum atomic E-state index is 4.52. The Hall–Kier alpha value is -2.25. The lowest BCUT2D eigenvalue weighted by Crippen LogP contribution is -2.25. The summed E-state index contributed by atoms with van der Waals surface area (Å²) in [7, 11) is 0. The van der Waals surface area contributed by atoms with Gasteiger partial charge in [0.1, 0.15) is 0 Å². The van der Waals surface area contributed by atoms with Crippen LogP contribution in [0.3, 0.4) is 0 Å². The number of thiol groups is 1. The van der Waals surface area contributed by atoms with E-state index in [0.29, 0.717) is 28.9 Å². The number of hydrogen-bond acceptors (Lipinski definition) is 1. The third-order valence-electron chi connectivity index (χ3n) is 9.39. The quantitative estimate of drug-likeness (QED) is 0.129. The Labute approximate surface area is 264 Å². The number of allylic oxidation sites excluding steroid dienone is 2. The summed E-state index contributed by atoms with van der Waals surface area (Å²) >= 11 is 4.50. The molecule has 0 saturated heterocycles. The Morgan fingerprint density at radius 1 is 0.833 bits per heavy atom. The number of fused-ring (bicyclic) bond motifs is 2. The van der Waals surface area contributed by atoms with Gasteiger partial charge in [0.25, 0.3) is 0 Å². The molecule has 0 spiro atoms. The minimum Gasteiger partial charge on any atom is -0.172 e. The van der Waals surface area contributed by atoms with Crippen molar-refractivity contribution < 1.29 is 0 Å². The van der Waals surface area contributed by atoms with Crippen molar-refractivity contribution >= 4 is 47.3 Å². The molecule has 0 fully saturated rings. The molecule has 0 aromatic heterocycles. The second-order valence-electron chi connectivity index (χ2n) is 13.5. The number of rotatable bonds is 11. The van der Waals surface area contributed by atoms with Crippen LogP contribution in [0, 0.1) is 29.6 Å². The third kappa shape index (κ3) is 8.66. The summed E-state index contributed by atoms with van der Waals surface area (Å²) in [5.41, 5.74) is 5.63. The molecule has 230 valence electrons. The van der Waals surface area contributed by atoms with Crippen molar-refractivity contribution in [2.24, 2.45) is 29.6 Å². The molecule has 4 unspecified atom stereocenters. The summed E-state index contributed by atoms with van der Waals surface area (Å²) in [6.07, 6.45) is 5.64. The molecule has 0 saturated carbocycles. The van der Waals surface area contributed by atoms with Crippen molar-refractivity contribution in [3.8, 4) is 0 Å². The summed E-state index contributed by atoms with van der Waals surface area (Å²) in [6.45, 7) is 38.4. The van der Waals surface area contributed by atoms with Crippen LogP contribution < -0.4 is 10.4 Å². The van der Waals surface area contributed by atoms with E-state index in [1.165, 1.54) is 44.7 Å². The lowest BCUT2D eigenvalue weighted by Gasteiger charge is -2.31. The normalized spacial score (nSPS) is 15.2. The summed E-state index contributed by atoms with van der Waals surface area (Å²) < 4.78 is 0. The average Bonchev–Trinajstić information content (AvgIpc) is 2.93. The Kier molecular flexibility index (Phi) is 13.7. The molecule has 1 heteroatoms. The van der Waals surface area contributed by atoms with Crippen molar-refractivity contribution in [3.63, 3.8) is 0 Å². The van der Waals surface area contributed by atoms with E-state index in [2.05, 4.69) is 151 Å². The Morgan fingerprint density at radius 3 is 1.76 bits per heavy atom. The zero-order valence-electron chi connectivity index (χ0n) is 28.8. The van der Waals surface area contributed by atoms with Gasteiger partial charge in [-0.1, -0.05) is 137 Å². The third-order valence-corrected chi connectivity index (χ3v) is 9.53. The molecule has 0 N–H and O–H groups in total. The van der Waals surface area contributed by atoms with Crippen molar-refractivity contribution in [2.75, 3.05) is 0 Å². The maximum Gasteiger partial charge on any atom is 0.0171 e. The first-order chi connectivity index (χ1) is 19.7. The highest BCUT2D eigenvalue weighted by Gasteiger charge is 2.24. The molecular formula is C41H60S. The fourth-order valence-corrected chi connectivity index (χ4v) is 7.09. The predicted octanol–water partition coefficient (Wildman–Crippen LogP) is 11.3. The molecule has 42 heavy (non-hydrogen) atoms. The van der Waals surface area contributed by atoms with Crippen molar-refractivity contribution in [1.82, 2.24) is 0 Å². The van der Waals surface area contributed by atoms with Crippen molar-refractivity contribution in [2.45, 2.75) is 107 Å². The van der Waals surface area contributed by atoms with Gasteiger partial charge in [0.15, 0.2) is 0 Å². The first kappa shape index (κ1) is 35.9. The van der Waals surface area contributed by atoms with Gasteiger partial charge in [-0.15, -0.1) is 0 Å². The largest absolute Gasteiger partial charge is 0.172 e. The standard InChI is InChI=1S/C26H30.C15H30S/c1-8-17(4)18(5)13-25-19(6)23-14-21-11-9-10-12-22(21)15-24(23)20(7)26(25)16(2)3;1-8-14(10(2)3)13(7)15(11(4)5)9-12(6)16/h9-12,14-16,18H,4,6-8,13H2,1-3,5H3;9-14,16H,8H2,1-7H3/b;15-9-. The smallest absolute Gasteiger partial charge is 0.0171 e. The first-order valence-electron chi connectivity index (χ1n) is 16.4. The van der Waals surface area contributed by atoms with E-state index < -0.39 is 0 Å². The van der Waals surface area contributed by atoms with E-state index in [1.54, 1.807) is 5.57 Å². The van der Waals surface area contributed by atoms with Gasteiger partial charge in [0.2, 0.25) is 0 Å². The first-order valence-corrected chi connectivity index (χ1v) is 16.9. The van der Waals surface area contributed by atoms with Crippen LogP contribution in [-0.4, -0.2) is 5.25 Å². The van der Waals surface area contributed by atoms with Crippen molar-refractivity contribution in [3.05, 3.63) is 81.8 Å². The van der Waals surface area contributed by atoms with Gasteiger partial charge in [-0.3, -0.25) is 0 Å². The van der Waals surface area contributed by atoms with Crippen molar-refractivity contribution in [1.29, 1.82) is 0 Å². The second-order valence-corrected chi connectivity index (χ2v) is 14.3. The van der Waals surface area contributed by atoms with E-state index in [0.717, 1.165) is 35.1 Å². The molecule has 0 aliphatic carbocycles. The van der Waals surface area contributed by atoms with Crippen LogP contribution in [0.2, 0.25) is 0 Å². The molecule has 0 amide bonds. The molecule has 4 atom stereocenters. The van der Waals surface area contributed by atoms with Crippen LogP contribution in [0.5, 0.6) is 0 Å². The highest BCUT2D eigenvalue weighted by atomic mass is 32.1. The molecule has 0 heterocycles. The molecule has 3 aromatic carbocycles. The summed E-state index contributed by atoms with van der Waals surface area (Å²) in [5, 5.41) is 7.70. The van der Waals surface area contributed by atoms with E-state index >= 15 is 0 Å². The number of benzene rings is 3. The van der Waals surface area contributed by atoms with Crippen LogP contribution in [0.4, 0.5) is 0 Å². The Balaban J connectivity index is 0.000000334. The van der Waals surface area contributed by atoms with E-state index in [4.69, 9.17) is 0 Å². The highest BCUT2D eigenvalue weighted by Crippen LogP contribution is 2.34. The topological polar surface area (TPSA) is 0 Å². The Bertz CT molecular complexity index is 1470. The van der Waals surface area contributed by atoms with Crippen LogP contribution in [0.15, 0.2) is 60.2 Å². The van der Waals surface area contributed by atoms with Crippen LogP contribution in [0.1, 0.15) is 106 Å². The summed E-state index contributed by atoms with van der Waals surface area (Å²) in [4.78, 5) is 0. The summed E-state index contributed by atoms with van der Waals surface area (Å²) in [5.74, 6) is 3.75. The maximum absolute atomic E-state index is 4.52. The SMILES string of the molecule is C=C(CC)C(C)Cc1c(C(C)C)c(=C)c2cc3ccccc3cc2c1=C.CCC(C(C)C)C(C)/C(=C\C(C)S)C(C)C. The molecule has 3 rings (SSSR count). The second kappa shape index (κ2) is 16.0. The predicted molar refractivity (Wildman–Crippen MR) is 197 cm³/mol. The zero-order valence-corrected chi connectivity index (χ0v) is 29.7. The van der Waals surface area contributed by atoms with Gasteiger partial charge in [0.05, 0.1) is 0 Å². The highest BCUT2D eigenvalue weighted by molar-refractivity contribution is 7.81. The molecule has 0 aliphatic rings. The van der Waals surface area contributed by atoms with Gasteiger partial charge in [-0.05, 0) is 111 Å². The molecular weight excluding hydrogens is 525 g/mol. The van der Waals surface area contributed by atoms with Gasteiger partial charge in [-0.25, -0.2) is 0 Å². The van der Waals surface area contributed by atoms with Crippen LogP contribution >= 0.6 is 12.6 Å². The van der Waals surface area contributed by atoms with E-state index in [-0.39, 0.29) is 0 Å². The molecule has 0 radical (unpaired) electrons. The zero-order chi connectivity index (χ0) is 31.9. The molecule has 0 bridgehead atoms. The Morgan fingerprint density at radius 2 is 1.36 bits per heavy atom. The van der Waals surface area contributed by atoms with Crippen LogP contribution in [-0.2, 0) is 6.42 Å². The van der Waals surface area contributed by atoms with Gasteiger partial charge in [-0.2, -0.15) is 12.6 Å². The van der Waals surface area contributed by atoms with Gasteiger partial charge >= 0.3 is 0 Å².